The van der Waals surface area contributed by atoms with Crippen LogP contribution < -0.4 is 25.6 Å². The third-order valence-electron chi connectivity index (χ3n) is 3.77. The minimum atomic E-state index is -0.469. The zero-order chi connectivity index (χ0) is 21.2. The maximum absolute atomic E-state index is 11.9. The van der Waals surface area contributed by atoms with Gasteiger partial charge < -0.3 is 9.47 Å². The van der Waals surface area contributed by atoms with Crippen LogP contribution in [0.15, 0.2) is 42.5 Å². The van der Waals surface area contributed by atoms with E-state index < -0.39 is 11.8 Å². The molecule has 0 heterocycles. The highest BCUT2D eigenvalue weighted by Crippen LogP contribution is 2.21. The fourth-order valence-corrected chi connectivity index (χ4v) is 2.64. The van der Waals surface area contributed by atoms with Crippen molar-refractivity contribution in [3.63, 3.8) is 0 Å². The lowest BCUT2D eigenvalue weighted by Gasteiger charge is -2.12. The number of halogens is 1. The normalized spacial score (nSPS) is 10.0. The van der Waals surface area contributed by atoms with Crippen LogP contribution in [0.3, 0.4) is 0 Å². The van der Waals surface area contributed by atoms with Crippen LogP contribution in [0, 0.1) is 6.92 Å². The molecular formula is C20H22ClN3O4S. The Bertz CT molecular complexity index is 875. The van der Waals surface area contributed by atoms with Gasteiger partial charge in [0, 0.05) is 5.02 Å². The van der Waals surface area contributed by atoms with Crippen molar-refractivity contribution in [1.29, 1.82) is 0 Å². The standard InChI is InChI=1S/C20H22ClN3O4S/c1-3-14-4-7-16(8-5-14)27-11-18(25)22-20(29)24-23-19(26)12-28-17-9-6-15(21)10-13(17)2/h4-10H,3,11-12H2,1-2H3,(H,23,26)(H2,22,24,25,29). The number of amides is 2. The second kappa shape index (κ2) is 11.2. The van der Waals surface area contributed by atoms with Gasteiger partial charge in [-0.15, -0.1) is 0 Å². The summed E-state index contributed by atoms with van der Waals surface area (Å²) in [6, 6.07) is 12.5. The van der Waals surface area contributed by atoms with Crippen molar-refractivity contribution in [3.05, 3.63) is 58.6 Å². The Balaban J connectivity index is 1.66. The average Bonchev–Trinajstić information content (AvgIpc) is 2.70. The van der Waals surface area contributed by atoms with Crippen molar-refractivity contribution >= 4 is 40.7 Å². The van der Waals surface area contributed by atoms with Crippen molar-refractivity contribution in [2.75, 3.05) is 13.2 Å². The summed E-state index contributed by atoms with van der Waals surface area (Å²) in [6.45, 7) is 3.44. The summed E-state index contributed by atoms with van der Waals surface area (Å²) in [5.74, 6) is 0.205. The molecule has 0 aliphatic rings. The molecule has 0 aliphatic heterocycles. The molecule has 0 aromatic heterocycles. The van der Waals surface area contributed by atoms with Crippen LogP contribution in [0.5, 0.6) is 11.5 Å². The van der Waals surface area contributed by atoms with Crippen LogP contribution >= 0.6 is 23.8 Å². The maximum Gasteiger partial charge on any atom is 0.276 e. The van der Waals surface area contributed by atoms with Gasteiger partial charge in [-0.1, -0.05) is 30.7 Å². The fraction of sp³-hybridized carbons (Fsp3) is 0.250. The zero-order valence-electron chi connectivity index (χ0n) is 16.1. The third-order valence-corrected chi connectivity index (χ3v) is 4.20. The van der Waals surface area contributed by atoms with E-state index in [0.717, 1.165) is 12.0 Å². The number of hydrogen-bond donors (Lipinski definition) is 3. The highest BCUT2D eigenvalue weighted by atomic mass is 35.5. The number of carbonyl (C=O) groups excluding carboxylic acids is 2. The molecule has 0 saturated heterocycles. The number of hydrazine groups is 1. The largest absolute Gasteiger partial charge is 0.484 e. The first-order valence-electron chi connectivity index (χ1n) is 8.86. The molecule has 0 saturated carbocycles. The van der Waals surface area contributed by atoms with Crippen molar-refractivity contribution in [2.45, 2.75) is 20.3 Å². The van der Waals surface area contributed by atoms with E-state index in [9.17, 15) is 9.59 Å². The molecular weight excluding hydrogens is 414 g/mol. The van der Waals surface area contributed by atoms with Gasteiger partial charge in [-0.05, 0) is 67.0 Å². The number of aryl methyl sites for hydroxylation is 2. The second-order valence-electron chi connectivity index (χ2n) is 6.04. The van der Waals surface area contributed by atoms with Gasteiger partial charge in [-0.3, -0.25) is 25.8 Å². The van der Waals surface area contributed by atoms with E-state index in [4.69, 9.17) is 33.3 Å². The molecule has 7 nitrogen and oxygen atoms in total. The number of nitrogens with one attached hydrogen (secondary N) is 3. The summed E-state index contributed by atoms with van der Waals surface area (Å²) in [5, 5.41) is 2.93. The van der Waals surface area contributed by atoms with E-state index >= 15 is 0 Å². The topological polar surface area (TPSA) is 88.7 Å². The van der Waals surface area contributed by atoms with Crippen LogP contribution in [0.25, 0.3) is 0 Å². The predicted octanol–water partition coefficient (Wildman–Crippen LogP) is 2.69. The summed E-state index contributed by atoms with van der Waals surface area (Å²) in [5.41, 5.74) is 6.76. The molecule has 2 aromatic rings. The highest BCUT2D eigenvalue weighted by Gasteiger charge is 2.08. The molecule has 9 heteroatoms. The smallest absolute Gasteiger partial charge is 0.276 e. The number of hydrogen-bond acceptors (Lipinski definition) is 5. The fourth-order valence-electron chi connectivity index (χ4n) is 2.24. The molecule has 0 fully saturated rings. The van der Waals surface area contributed by atoms with Gasteiger partial charge in [0.05, 0.1) is 0 Å². The molecule has 2 rings (SSSR count). The van der Waals surface area contributed by atoms with E-state index in [1.165, 1.54) is 5.56 Å². The third kappa shape index (κ3) is 7.97. The zero-order valence-corrected chi connectivity index (χ0v) is 17.7. The lowest BCUT2D eigenvalue weighted by Crippen LogP contribution is -2.50. The Morgan fingerprint density at radius 3 is 2.34 bits per heavy atom. The molecule has 3 N–H and O–H groups in total. The summed E-state index contributed by atoms with van der Waals surface area (Å²) < 4.78 is 10.8. The molecule has 0 bridgehead atoms. The van der Waals surface area contributed by atoms with Crippen LogP contribution in [0.2, 0.25) is 5.02 Å². The molecule has 0 spiro atoms. The summed E-state index contributed by atoms with van der Waals surface area (Å²) in [4.78, 5) is 23.7. The van der Waals surface area contributed by atoms with Gasteiger partial charge in [0.15, 0.2) is 18.3 Å². The maximum atomic E-state index is 11.9. The quantitative estimate of drug-likeness (QED) is 0.457. The number of rotatable bonds is 7. The Labute approximate surface area is 179 Å². The number of carbonyl (C=O) groups is 2. The first kappa shape index (κ1) is 22.4. The van der Waals surface area contributed by atoms with Gasteiger partial charge in [0.2, 0.25) is 0 Å². The SMILES string of the molecule is CCc1ccc(OCC(=O)NC(=S)NNC(=O)COc2ccc(Cl)cc2C)cc1. The monoisotopic (exact) mass is 435 g/mol. The van der Waals surface area contributed by atoms with Gasteiger partial charge in [-0.25, -0.2) is 0 Å². The molecule has 0 atom stereocenters. The Hall–Kier alpha value is -2.84. The first-order chi connectivity index (χ1) is 13.9. The highest BCUT2D eigenvalue weighted by molar-refractivity contribution is 7.80. The average molecular weight is 436 g/mol. The van der Waals surface area contributed by atoms with E-state index in [1.54, 1.807) is 30.3 Å². The van der Waals surface area contributed by atoms with Crippen molar-refractivity contribution in [3.8, 4) is 11.5 Å². The van der Waals surface area contributed by atoms with E-state index in [1.807, 2.05) is 19.1 Å². The van der Waals surface area contributed by atoms with Crippen molar-refractivity contribution in [2.24, 2.45) is 0 Å². The van der Waals surface area contributed by atoms with Gasteiger partial charge in [-0.2, -0.15) is 0 Å². The number of thiocarbonyl (C=S) groups is 1. The van der Waals surface area contributed by atoms with Crippen LogP contribution in [0.4, 0.5) is 0 Å². The lowest BCUT2D eigenvalue weighted by atomic mass is 10.2. The Morgan fingerprint density at radius 2 is 1.69 bits per heavy atom. The lowest BCUT2D eigenvalue weighted by molar-refractivity contribution is -0.124. The molecule has 0 aliphatic carbocycles. The van der Waals surface area contributed by atoms with Crippen LogP contribution in [-0.2, 0) is 16.0 Å². The first-order valence-corrected chi connectivity index (χ1v) is 9.65. The number of benzene rings is 2. The van der Waals surface area contributed by atoms with E-state index in [0.29, 0.717) is 16.5 Å². The number of ether oxygens (including phenoxy) is 2. The molecule has 2 amide bonds. The minimum Gasteiger partial charge on any atom is -0.484 e. The molecule has 0 unspecified atom stereocenters. The summed E-state index contributed by atoms with van der Waals surface area (Å²) in [6.07, 6.45) is 0.927. The van der Waals surface area contributed by atoms with E-state index in [-0.39, 0.29) is 18.3 Å². The van der Waals surface area contributed by atoms with Gasteiger partial charge >= 0.3 is 0 Å². The van der Waals surface area contributed by atoms with Crippen LogP contribution in [-0.4, -0.2) is 30.1 Å². The van der Waals surface area contributed by atoms with Gasteiger partial charge in [0.1, 0.15) is 11.5 Å². The van der Waals surface area contributed by atoms with Crippen molar-refractivity contribution in [1.82, 2.24) is 16.2 Å². The van der Waals surface area contributed by atoms with Gasteiger partial charge in [0.25, 0.3) is 11.8 Å². The molecule has 29 heavy (non-hydrogen) atoms. The molecule has 154 valence electrons. The molecule has 0 radical (unpaired) electrons. The predicted molar refractivity (Wildman–Crippen MR) is 115 cm³/mol. The Morgan fingerprint density at radius 1 is 1.00 bits per heavy atom. The molecule has 2 aromatic carbocycles. The van der Waals surface area contributed by atoms with Crippen LogP contribution in [0.1, 0.15) is 18.1 Å². The summed E-state index contributed by atoms with van der Waals surface area (Å²) >= 11 is 10.8. The van der Waals surface area contributed by atoms with Crippen molar-refractivity contribution < 1.29 is 19.1 Å². The minimum absolute atomic E-state index is 0.0593. The Kier molecular flexibility index (Phi) is 8.69. The van der Waals surface area contributed by atoms with E-state index in [2.05, 4.69) is 23.1 Å². The second-order valence-corrected chi connectivity index (χ2v) is 6.88. The summed E-state index contributed by atoms with van der Waals surface area (Å²) in [7, 11) is 0.